The van der Waals surface area contributed by atoms with Crippen LogP contribution in [0.3, 0.4) is 0 Å². The summed E-state index contributed by atoms with van der Waals surface area (Å²) in [6, 6.07) is 0.109. The first-order chi connectivity index (χ1) is 11.6. The van der Waals surface area contributed by atoms with Crippen molar-refractivity contribution in [3.05, 3.63) is 6.33 Å². The van der Waals surface area contributed by atoms with E-state index in [-0.39, 0.29) is 36.3 Å². The van der Waals surface area contributed by atoms with Gasteiger partial charge in [0, 0.05) is 25.0 Å². The molecule has 2 amide bonds. The Hall–Kier alpha value is -1.96. The van der Waals surface area contributed by atoms with Crippen molar-refractivity contribution in [2.75, 3.05) is 18.4 Å². The van der Waals surface area contributed by atoms with Crippen molar-refractivity contribution in [1.29, 1.82) is 0 Å². The maximum absolute atomic E-state index is 12.3. The summed E-state index contributed by atoms with van der Waals surface area (Å²) < 4.78 is 1.49. The average molecular weight is 334 g/mol. The van der Waals surface area contributed by atoms with Crippen LogP contribution in [0.2, 0.25) is 0 Å². The number of hydrogen-bond acceptors (Lipinski definition) is 5. The first-order valence-electron chi connectivity index (χ1n) is 8.85. The van der Waals surface area contributed by atoms with Gasteiger partial charge in [-0.05, 0) is 32.1 Å². The van der Waals surface area contributed by atoms with E-state index in [1.165, 1.54) is 23.9 Å². The molecule has 3 rings (SSSR count). The summed E-state index contributed by atoms with van der Waals surface area (Å²) in [5.41, 5.74) is 5.84. The smallest absolute Gasteiger partial charge is 0.248 e. The first-order valence-corrected chi connectivity index (χ1v) is 8.85. The van der Waals surface area contributed by atoms with Gasteiger partial charge in [0.25, 0.3) is 0 Å². The van der Waals surface area contributed by atoms with Gasteiger partial charge >= 0.3 is 0 Å². The number of carbonyl (C=O) groups excluding carboxylic acids is 2. The molecule has 2 atom stereocenters. The first kappa shape index (κ1) is 16.9. The number of anilines is 1. The number of nitrogens with two attached hydrogens (primary N) is 1. The second kappa shape index (κ2) is 7.74. The molecular weight excluding hydrogens is 308 g/mol. The zero-order chi connectivity index (χ0) is 16.9. The van der Waals surface area contributed by atoms with E-state index in [1.807, 2.05) is 4.90 Å². The molecule has 1 saturated carbocycles. The molecule has 0 bridgehead atoms. The molecule has 0 spiro atoms. The van der Waals surface area contributed by atoms with Crippen molar-refractivity contribution in [3.8, 4) is 0 Å². The third kappa shape index (κ3) is 4.31. The van der Waals surface area contributed by atoms with Gasteiger partial charge in [-0.1, -0.05) is 12.8 Å². The molecule has 2 aliphatic rings. The third-order valence-corrected chi connectivity index (χ3v) is 4.87. The van der Waals surface area contributed by atoms with Crippen molar-refractivity contribution < 1.29 is 9.59 Å². The van der Waals surface area contributed by atoms with Crippen molar-refractivity contribution in [1.82, 2.24) is 19.7 Å². The number of nitrogens with zero attached hydrogens (tertiary/aromatic N) is 4. The summed E-state index contributed by atoms with van der Waals surface area (Å²) >= 11 is 0. The second-order valence-electron chi connectivity index (χ2n) is 6.82. The highest BCUT2D eigenvalue weighted by atomic mass is 16.2. The minimum absolute atomic E-state index is 0.0569. The predicted molar refractivity (Wildman–Crippen MR) is 89.0 cm³/mol. The molecule has 0 aromatic carbocycles. The van der Waals surface area contributed by atoms with E-state index in [2.05, 4.69) is 15.4 Å². The lowest BCUT2D eigenvalue weighted by molar-refractivity contribution is -0.132. The Kier molecular flexibility index (Phi) is 5.44. The molecule has 3 N–H and O–H groups in total. The Morgan fingerprint density at radius 1 is 1.21 bits per heavy atom. The molecule has 2 fully saturated rings. The number of aromatic nitrogens is 3. The Morgan fingerprint density at radius 3 is 2.62 bits per heavy atom. The fraction of sp³-hybridized carbons (Fsp3) is 0.750. The van der Waals surface area contributed by atoms with Crippen molar-refractivity contribution in [2.24, 2.45) is 11.7 Å². The van der Waals surface area contributed by atoms with E-state index in [4.69, 9.17) is 5.73 Å². The van der Waals surface area contributed by atoms with Gasteiger partial charge < -0.3 is 10.6 Å². The molecule has 0 radical (unpaired) electrons. The molecule has 8 heteroatoms. The van der Waals surface area contributed by atoms with Gasteiger partial charge in [-0.2, -0.15) is 0 Å². The van der Waals surface area contributed by atoms with Gasteiger partial charge in [-0.15, -0.1) is 5.10 Å². The maximum Gasteiger partial charge on any atom is 0.248 e. The lowest BCUT2D eigenvalue weighted by atomic mass is 10.1. The minimum Gasteiger partial charge on any atom is -0.341 e. The minimum atomic E-state index is -0.0838. The SMILES string of the molecule is NC1CCC(C(=O)Nc2ncn(CC(=O)N3CCCCCC3)n2)C1. The standard InChI is InChI=1S/C16H26N6O2/c17-13-6-5-12(9-13)15(24)19-16-18-11-22(20-16)10-14(23)21-7-3-1-2-4-8-21/h11-13H,1-10,17H2,(H,19,20,24). The Balaban J connectivity index is 1.51. The van der Waals surface area contributed by atoms with E-state index in [9.17, 15) is 9.59 Å². The molecule has 132 valence electrons. The van der Waals surface area contributed by atoms with Gasteiger partial charge in [0.05, 0.1) is 0 Å². The van der Waals surface area contributed by atoms with Crippen LogP contribution in [-0.2, 0) is 16.1 Å². The molecule has 1 aromatic heterocycles. The normalized spacial score (nSPS) is 24.6. The van der Waals surface area contributed by atoms with Crippen LogP contribution in [0, 0.1) is 5.92 Å². The number of nitrogens with one attached hydrogen (secondary N) is 1. The summed E-state index contributed by atoms with van der Waals surface area (Å²) in [6.45, 7) is 1.80. The highest BCUT2D eigenvalue weighted by Crippen LogP contribution is 2.24. The van der Waals surface area contributed by atoms with Crippen LogP contribution in [0.25, 0.3) is 0 Å². The van der Waals surface area contributed by atoms with Crippen LogP contribution < -0.4 is 11.1 Å². The molecule has 1 aliphatic heterocycles. The van der Waals surface area contributed by atoms with Gasteiger partial charge in [0.2, 0.25) is 17.8 Å². The predicted octanol–water partition coefficient (Wildman–Crippen LogP) is 0.747. The molecule has 8 nitrogen and oxygen atoms in total. The highest BCUT2D eigenvalue weighted by molar-refractivity contribution is 5.91. The van der Waals surface area contributed by atoms with E-state index < -0.39 is 0 Å². The quantitative estimate of drug-likeness (QED) is 0.845. The average Bonchev–Trinajstić information content (AvgIpc) is 3.08. The molecule has 24 heavy (non-hydrogen) atoms. The zero-order valence-corrected chi connectivity index (χ0v) is 14.0. The van der Waals surface area contributed by atoms with Gasteiger partial charge in [0.15, 0.2) is 0 Å². The number of carbonyl (C=O) groups is 2. The van der Waals surface area contributed by atoms with E-state index in [0.717, 1.165) is 38.8 Å². The summed E-state index contributed by atoms with van der Waals surface area (Å²) in [4.78, 5) is 30.5. The van der Waals surface area contributed by atoms with Crippen LogP contribution >= 0.6 is 0 Å². The Bertz CT molecular complexity index is 579. The monoisotopic (exact) mass is 334 g/mol. The molecule has 2 unspecified atom stereocenters. The molecule has 1 aromatic rings. The van der Waals surface area contributed by atoms with Gasteiger partial charge in [-0.3, -0.25) is 14.9 Å². The van der Waals surface area contributed by atoms with Crippen LogP contribution in [-0.4, -0.2) is 50.6 Å². The van der Waals surface area contributed by atoms with Gasteiger partial charge in [0.1, 0.15) is 12.9 Å². The lowest BCUT2D eigenvalue weighted by Gasteiger charge is -2.19. The molecule has 2 heterocycles. The third-order valence-electron chi connectivity index (χ3n) is 4.87. The van der Waals surface area contributed by atoms with Crippen molar-refractivity contribution >= 4 is 17.8 Å². The van der Waals surface area contributed by atoms with Crippen LogP contribution in [0.4, 0.5) is 5.95 Å². The fourth-order valence-electron chi connectivity index (χ4n) is 3.45. The van der Waals surface area contributed by atoms with Crippen LogP contribution in [0.5, 0.6) is 0 Å². The van der Waals surface area contributed by atoms with Crippen LogP contribution in [0.1, 0.15) is 44.9 Å². The highest BCUT2D eigenvalue weighted by Gasteiger charge is 2.28. The molecule has 1 aliphatic carbocycles. The van der Waals surface area contributed by atoms with Crippen molar-refractivity contribution in [2.45, 2.75) is 57.5 Å². The maximum atomic E-state index is 12.3. The van der Waals surface area contributed by atoms with E-state index in [0.29, 0.717) is 6.42 Å². The van der Waals surface area contributed by atoms with E-state index >= 15 is 0 Å². The topological polar surface area (TPSA) is 106 Å². The zero-order valence-electron chi connectivity index (χ0n) is 14.0. The van der Waals surface area contributed by atoms with Gasteiger partial charge in [-0.25, -0.2) is 9.67 Å². The number of rotatable bonds is 4. The van der Waals surface area contributed by atoms with E-state index in [1.54, 1.807) is 0 Å². The van der Waals surface area contributed by atoms with Crippen LogP contribution in [0.15, 0.2) is 6.33 Å². The summed E-state index contributed by atoms with van der Waals surface area (Å²) in [5, 5.41) is 6.92. The lowest BCUT2D eigenvalue weighted by Crippen LogP contribution is -2.34. The molecule has 1 saturated heterocycles. The summed E-state index contributed by atoms with van der Waals surface area (Å²) in [5.74, 6) is 0.163. The Morgan fingerprint density at radius 2 is 1.96 bits per heavy atom. The summed E-state index contributed by atoms with van der Waals surface area (Å²) in [7, 11) is 0. The Labute approximate surface area is 141 Å². The molecular formula is C16H26N6O2. The second-order valence-corrected chi connectivity index (χ2v) is 6.82. The fourth-order valence-corrected chi connectivity index (χ4v) is 3.45. The number of hydrogen-bond donors (Lipinski definition) is 2. The largest absolute Gasteiger partial charge is 0.341 e. The number of likely N-dealkylation sites (tertiary alicyclic amines) is 1. The van der Waals surface area contributed by atoms with Crippen molar-refractivity contribution in [3.63, 3.8) is 0 Å². The summed E-state index contributed by atoms with van der Waals surface area (Å²) in [6.07, 6.45) is 8.39. The number of amides is 2.